The van der Waals surface area contributed by atoms with Gasteiger partial charge in [0.05, 0.1) is 5.69 Å². The Labute approximate surface area is 106 Å². The van der Waals surface area contributed by atoms with E-state index in [0.29, 0.717) is 0 Å². The van der Waals surface area contributed by atoms with Crippen LogP contribution >= 0.6 is 0 Å². The van der Waals surface area contributed by atoms with Crippen LogP contribution < -0.4 is 10.2 Å². The molecule has 1 saturated heterocycles. The van der Waals surface area contributed by atoms with E-state index < -0.39 is 0 Å². The van der Waals surface area contributed by atoms with Gasteiger partial charge in [-0.3, -0.25) is 10.1 Å². The van der Waals surface area contributed by atoms with Gasteiger partial charge in [-0.1, -0.05) is 0 Å². The van der Waals surface area contributed by atoms with E-state index in [0.717, 1.165) is 49.7 Å². The van der Waals surface area contributed by atoms with Gasteiger partial charge < -0.3 is 10.2 Å². The number of hydrogen-bond acceptors (Lipinski definition) is 4. The maximum absolute atomic E-state index is 4.40. The van der Waals surface area contributed by atoms with Crippen molar-refractivity contribution in [1.29, 1.82) is 0 Å². The summed E-state index contributed by atoms with van der Waals surface area (Å²) in [6, 6.07) is 6.07. The van der Waals surface area contributed by atoms with Crippen LogP contribution in [0.1, 0.15) is 6.42 Å². The maximum atomic E-state index is 4.40. The molecule has 0 bridgehead atoms. The van der Waals surface area contributed by atoms with Crippen LogP contribution in [0.25, 0.3) is 11.3 Å². The average molecular weight is 243 g/mol. The van der Waals surface area contributed by atoms with Crippen LogP contribution in [-0.2, 0) is 0 Å². The molecule has 0 spiro atoms. The zero-order valence-electron chi connectivity index (χ0n) is 10.3. The molecule has 2 aromatic rings. The number of pyridine rings is 1. The first-order valence-corrected chi connectivity index (χ1v) is 6.35. The predicted octanol–water partition coefficient (Wildman–Crippen LogP) is 1.27. The minimum atomic E-state index is 1.01. The molecule has 5 heteroatoms. The van der Waals surface area contributed by atoms with E-state index in [4.69, 9.17) is 0 Å². The minimum Gasteiger partial charge on any atom is -0.354 e. The van der Waals surface area contributed by atoms with Crippen molar-refractivity contribution in [3.63, 3.8) is 0 Å². The molecule has 1 aliphatic rings. The zero-order valence-corrected chi connectivity index (χ0v) is 10.3. The Hall–Kier alpha value is -1.88. The maximum Gasteiger partial charge on any atom is 0.151 e. The molecule has 0 unspecified atom stereocenters. The Morgan fingerprint density at radius 1 is 1.22 bits per heavy atom. The van der Waals surface area contributed by atoms with Crippen LogP contribution in [0, 0.1) is 0 Å². The van der Waals surface area contributed by atoms with Gasteiger partial charge in [-0.2, -0.15) is 5.10 Å². The fourth-order valence-corrected chi connectivity index (χ4v) is 2.22. The van der Waals surface area contributed by atoms with E-state index in [-0.39, 0.29) is 0 Å². The van der Waals surface area contributed by atoms with E-state index >= 15 is 0 Å². The van der Waals surface area contributed by atoms with Crippen LogP contribution in [-0.4, -0.2) is 41.4 Å². The number of rotatable bonds is 2. The van der Waals surface area contributed by atoms with Crippen molar-refractivity contribution in [1.82, 2.24) is 20.5 Å². The van der Waals surface area contributed by atoms with Gasteiger partial charge in [0.1, 0.15) is 0 Å². The number of anilines is 1. The van der Waals surface area contributed by atoms with Gasteiger partial charge in [0.15, 0.2) is 5.82 Å². The summed E-state index contributed by atoms with van der Waals surface area (Å²) in [6.07, 6.45) is 4.79. The second kappa shape index (κ2) is 5.18. The van der Waals surface area contributed by atoms with Gasteiger partial charge in [0, 0.05) is 43.7 Å². The Balaban J connectivity index is 1.80. The van der Waals surface area contributed by atoms with Gasteiger partial charge in [0.2, 0.25) is 0 Å². The summed E-state index contributed by atoms with van der Waals surface area (Å²) in [6.45, 7) is 4.19. The van der Waals surface area contributed by atoms with Gasteiger partial charge in [0.25, 0.3) is 0 Å². The normalized spacial score (nSPS) is 16.6. The fraction of sp³-hybridized carbons (Fsp3) is 0.385. The van der Waals surface area contributed by atoms with Crippen LogP contribution in [0.15, 0.2) is 30.6 Å². The molecule has 1 fully saturated rings. The Morgan fingerprint density at radius 2 is 2.22 bits per heavy atom. The highest BCUT2D eigenvalue weighted by molar-refractivity contribution is 5.62. The van der Waals surface area contributed by atoms with E-state index in [1.54, 1.807) is 6.20 Å². The highest BCUT2D eigenvalue weighted by Crippen LogP contribution is 2.21. The Bertz CT molecular complexity index is 485. The van der Waals surface area contributed by atoms with E-state index in [1.807, 2.05) is 18.3 Å². The van der Waals surface area contributed by atoms with Gasteiger partial charge in [-0.25, -0.2) is 0 Å². The van der Waals surface area contributed by atoms with Crippen molar-refractivity contribution < 1.29 is 0 Å². The molecule has 0 saturated carbocycles. The molecule has 2 aromatic heterocycles. The molecule has 94 valence electrons. The molecule has 0 aliphatic carbocycles. The van der Waals surface area contributed by atoms with Crippen molar-refractivity contribution >= 4 is 5.82 Å². The van der Waals surface area contributed by atoms with Crippen molar-refractivity contribution in [3.05, 3.63) is 30.6 Å². The van der Waals surface area contributed by atoms with E-state index in [9.17, 15) is 0 Å². The molecule has 5 nitrogen and oxygen atoms in total. The SMILES string of the molecule is c1cncc(-c2cc(N3CCCNCC3)n[nH]2)c1. The molecular weight excluding hydrogens is 226 g/mol. The molecule has 18 heavy (non-hydrogen) atoms. The lowest BCUT2D eigenvalue weighted by molar-refractivity contribution is 0.724. The number of nitrogens with one attached hydrogen (secondary N) is 2. The van der Waals surface area contributed by atoms with Crippen LogP contribution in [0.5, 0.6) is 0 Å². The van der Waals surface area contributed by atoms with Crippen molar-refractivity contribution in [2.45, 2.75) is 6.42 Å². The minimum absolute atomic E-state index is 1.01. The number of nitrogens with zero attached hydrogens (tertiary/aromatic N) is 3. The van der Waals surface area contributed by atoms with E-state index in [2.05, 4.69) is 31.5 Å². The summed E-state index contributed by atoms with van der Waals surface area (Å²) in [5.74, 6) is 1.03. The van der Waals surface area contributed by atoms with Gasteiger partial charge in [-0.15, -0.1) is 0 Å². The molecule has 3 heterocycles. The first kappa shape index (κ1) is 11.2. The summed E-state index contributed by atoms with van der Waals surface area (Å²) < 4.78 is 0. The number of H-pyrrole nitrogens is 1. The quantitative estimate of drug-likeness (QED) is 0.834. The fourth-order valence-electron chi connectivity index (χ4n) is 2.22. The lowest BCUT2D eigenvalue weighted by atomic mass is 10.2. The van der Waals surface area contributed by atoms with Gasteiger partial charge in [-0.05, 0) is 25.1 Å². The smallest absolute Gasteiger partial charge is 0.151 e. The van der Waals surface area contributed by atoms with Gasteiger partial charge >= 0.3 is 0 Å². The highest BCUT2D eigenvalue weighted by atomic mass is 15.3. The zero-order chi connectivity index (χ0) is 12.2. The Morgan fingerprint density at radius 3 is 3.11 bits per heavy atom. The second-order valence-electron chi connectivity index (χ2n) is 4.47. The monoisotopic (exact) mass is 243 g/mol. The van der Waals surface area contributed by atoms with Crippen LogP contribution in [0.2, 0.25) is 0 Å². The molecule has 0 atom stereocenters. The molecule has 0 aromatic carbocycles. The molecule has 1 aliphatic heterocycles. The van der Waals surface area contributed by atoms with Crippen LogP contribution in [0.4, 0.5) is 5.82 Å². The van der Waals surface area contributed by atoms with Crippen LogP contribution in [0.3, 0.4) is 0 Å². The third kappa shape index (κ3) is 2.36. The topological polar surface area (TPSA) is 56.8 Å². The molecule has 2 N–H and O–H groups in total. The predicted molar refractivity (Wildman–Crippen MR) is 71.5 cm³/mol. The summed E-state index contributed by atoms with van der Waals surface area (Å²) in [5, 5.41) is 10.9. The average Bonchev–Trinajstić information content (AvgIpc) is 2.76. The third-order valence-corrected chi connectivity index (χ3v) is 3.20. The van der Waals surface area contributed by atoms with Crippen molar-refractivity contribution in [2.24, 2.45) is 0 Å². The largest absolute Gasteiger partial charge is 0.354 e. The number of aromatic nitrogens is 3. The summed E-state index contributed by atoms with van der Waals surface area (Å²) in [7, 11) is 0. The van der Waals surface area contributed by atoms with Crippen molar-refractivity contribution in [3.8, 4) is 11.3 Å². The first-order valence-electron chi connectivity index (χ1n) is 6.35. The molecule has 0 amide bonds. The lowest BCUT2D eigenvalue weighted by Gasteiger charge is -2.18. The number of aromatic amines is 1. The second-order valence-corrected chi connectivity index (χ2v) is 4.47. The standard InChI is InChI=1S/C13H17N5/c1-3-11(10-15-4-1)12-9-13(17-16-12)18-7-2-5-14-6-8-18/h1,3-4,9-10,14H,2,5-8H2,(H,16,17). The molecule has 3 rings (SSSR count). The lowest BCUT2D eigenvalue weighted by Crippen LogP contribution is -2.28. The highest BCUT2D eigenvalue weighted by Gasteiger charge is 2.13. The number of hydrogen-bond donors (Lipinski definition) is 2. The third-order valence-electron chi connectivity index (χ3n) is 3.20. The summed E-state index contributed by atoms with van der Waals surface area (Å²) in [5.41, 5.74) is 2.10. The summed E-state index contributed by atoms with van der Waals surface area (Å²) >= 11 is 0. The molecular formula is C13H17N5. The first-order chi connectivity index (χ1) is 8.93. The van der Waals surface area contributed by atoms with Crippen molar-refractivity contribution in [2.75, 3.05) is 31.1 Å². The Kier molecular flexibility index (Phi) is 3.23. The van der Waals surface area contributed by atoms with E-state index in [1.165, 1.54) is 0 Å². The molecule has 0 radical (unpaired) electrons. The summed E-state index contributed by atoms with van der Waals surface area (Å²) in [4.78, 5) is 6.44.